The van der Waals surface area contributed by atoms with Crippen molar-refractivity contribution in [2.24, 2.45) is 22.5 Å². The first-order valence-corrected chi connectivity index (χ1v) is 15.6. The molecule has 0 aromatic heterocycles. The highest BCUT2D eigenvalue weighted by molar-refractivity contribution is 5.00. The van der Waals surface area contributed by atoms with Gasteiger partial charge in [-0.2, -0.15) is 0 Å². The fourth-order valence-corrected chi connectivity index (χ4v) is 6.06. The molecule has 46 heavy (non-hydrogen) atoms. The standard InChI is InChI=1S/C27H49N5O14/c1-13-10-14(29)24(46-27-21(36)20(35)18(33)15(11-28)43-27)22(37)23(13)45-26-19(34)17(31-32-30)25-16(44-26)12-41-7-6-39-3-2-38-4-5-40-8-9-42-25/h13-27,33-37H,2-12,28-29H2,1H3/t13-,14?,15?,16-,17?,18-,19-,20+,21?,22?,23-,24-,25-,26?,27-/m1/s1. The lowest BCUT2D eigenvalue weighted by Crippen LogP contribution is -2.65. The average molecular weight is 668 g/mol. The number of nitrogens with zero attached hydrogens (tertiary/aromatic N) is 3. The summed E-state index contributed by atoms with van der Waals surface area (Å²) < 4.78 is 51.9. The molecule has 3 aliphatic heterocycles. The smallest absolute Gasteiger partial charge is 0.187 e. The third-order valence-corrected chi connectivity index (χ3v) is 8.55. The van der Waals surface area contributed by atoms with Gasteiger partial charge in [0.05, 0.1) is 77.7 Å². The van der Waals surface area contributed by atoms with E-state index in [0.717, 1.165) is 0 Å². The Kier molecular flexibility index (Phi) is 15.0. The fourth-order valence-electron chi connectivity index (χ4n) is 6.06. The van der Waals surface area contributed by atoms with Gasteiger partial charge in [0.25, 0.3) is 0 Å². The molecule has 0 aromatic carbocycles. The van der Waals surface area contributed by atoms with Gasteiger partial charge in [0.2, 0.25) is 0 Å². The second-order valence-electron chi connectivity index (χ2n) is 11.8. The fraction of sp³-hybridized carbons (Fsp3) is 1.00. The van der Waals surface area contributed by atoms with Crippen LogP contribution in [0, 0.1) is 5.92 Å². The topological polar surface area (TPSA) is 285 Å². The lowest BCUT2D eigenvalue weighted by molar-refractivity contribution is -0.336. The quantitative estimate of drug-likeness (QED) is 0.0821. The van der Waals surface area contributed by atoms with Crippen molar-refractivity contribution in [3.8, 4) is 0 Å². The number of azide groups is 1. The highest BCUT2D eigenvalue weighted by Gasteiger charge is 2.52. The van der Waals surface area contributed by atoms with Crippen molar-refractivity contribution >= 4 is 0 Å². The zero-order chi connectivity index (χ0) is 33.2. The molecule has 0 bridgehead atoms. The largest absolute Gasteiger partial charge is 0.388 e. The van der Waals surface area contributed by atoms with Crippen LogP contribution in [-0.4, -0.2) is 177 Å². The van der Waals surface area contributed by atoms with E-state index in [4.69, 9.17) is 54.1 Å². The summed E-state index contributed by atoms with van der Waals surface area (Å²) in [5, 5.41) is 57.5. The number of fused-ring (bicyclic) bond motifs is 1. The number of nitrogens with two attached hydrogens (primary N) is 2. The first-order chi connectivity index (χ1) is 22.2. The molecule has 1 aliphatic carbocycles. The summed E-state index contributed by atoms with van der Waals surface area (Å²) in [6.45, 7) is 3.92. The number of rotatable bonds is 6. The second kappa shape index (κ2) is 18.4. The van der Waals surface area contributed by atoms with E-state index in [1.54, 1.807) is 6.92 Å². The summed E-state index contributed by atoms with van der Waals surface area (Å²) in [4.78, 5) is 2.90. The SMILES string of the molecule is C[C@@H]1CC(N)[C@@H](O[C@H]2OC(CN)[C@@H](O)[C@H](O)C2O)C(O)[C@@H]1OC1O[C@@H]2COCCOCCOCCOCCO[C@H]2C(N=[N+]=[N-])[C@H]1O. The van der Waals surface area contributed by atoms with Gasteiger partial charge in [0.15, 0.2) is 12.6 Å². The number of hydrogen-bond acceptors (Lipinski definition) is 17. The molecule has 0 amide bonds. The van der Waals surface area contributed by atoms with E-state index in [-0.39, 0.29) is 51.9 Å². The van der Waals surface area contributed by atoms with E-state index >= 15 is 0 Å². The Bertz CT molecular complexity index is 953. The van der Waals surface area contributed by atoms with Crippen molar-refractivity contribution in [3.63, 3.8) is 0 Å². The van der Waals surface area contributed by atoms with Crippen molar-refractivity contribution < 1.29 is 68.2 Å². The molecule has 1 saturated carbocycles. The molecule has 3 heterocycles. The molecule has 9 N–H and O–H groups in total. The highest BCUT2D eigenvalue weighted by Crippen LogP contribution is 2.35. The van der Waals surface area contributed by atoms with Crippen molar-refractivity contribution in [1.29, 1.82) is 0 Å². The van der Waals surface area contributed by atoms with E-state index < -0.39 is 85.7 Å². The monoisotopic (exact) mass is 667 g/mol. The number of hydrogen-bond donors (Lipinski definition) is 7. The van der Waals surface area contributed by atoms with Gasteiger partial charge in [-0.3, -0.25) is 0 Å². The number of ether oxygens (including phenoxy) is 9. The summed E-state index contributed by atoms with van der Waals surface area (Å²) in [6, 6.07) is -1.91. The molecule has 4 fully saturated rings. The van der Waals surface area contributed by atoms with Crippen molar-refractivity contribution in [1.82, 2.24) is 0 Å². The molecular formula is C27H49N5O14. The minimum Gasteiger partial charge on any atom is -0.388 e. The van der Waals surface area contributed by atoms with Gasteiger partial charge >= 0.3 is 0 Å². The number of aliphatic hydroxyl groups excluding tert-OH is 5. The van der Waals surface area contributed by atoms with Gasteiger partial charge in [0.1, 0.15) is 48.8 Å². The third kappa shape index (κ3) is 9.42. The Morgan fingerprint density at radius 2 is 1.35 bits per heavy atom. The first-order valence-electron chi connectivity index (χ1n) is 15.6. The third-order valence-electron chi connectivity index (χ3n) is 8.55. The molecule has 15 atom stereocenters. The second-order valence-corrected chi connectivity index (χ2v) is 11.8. The van der Waals surface area contributed by atoms with Crippen LogP contribution < -0.4 is 11.5 Å². The molecule has 0 radical (unpaired) electrons. The van der Waals surface area contributed by atoms with Crippen LogP contribution in [0.4, 0.5) is 0 Å². The van der Waals surface area contributed by atoms with Gasteiger partial charge < -0.3 is 79.6 Å². The van der Waals surface area contributed by atoms with Gasteiger partial charge in [0, 0.05) is 17.5 Å². The molecule has 4 aliphatic rings. The molecule has 19 heteroatoms. The first kappa shape index (κ1) is 37.5. The Morgan fingerprint density at radius 3 is 1.98 bits per heavy atom. The minimum absolute atomic E-state index is 0.0256. The summed E-state index contributed by atoms with van der Waals surface area (Å²) in [5.74, 6) is -0.375. The molecule has 19 nitrogen and oxygen atoms in total. The molecule has 0 aromatic rings. The maximum atomic E-state index is 11.4. The van der Waals surface area contributed by atoms with Gasteiger partial charge in [-0.25, -0.2) is 0 Å². The van der Waals surface area contributed by atoms with Crippen LogP contribution in [0.15, 0.2) is 5.11 Å². The van der Waals surface area contributed by atoms with E-state index in [1.807, 2.05) is 0 Å². The predicted molar refractivity (Wildman–Crippen MR) is 154 cm³/mol. The van der Waals surface area contributed by atoms with Crippen LogP contribution in [0.3, 0.4) is 0 Å². The molecule has 6 unspecified atom stereocenters. The normalized spacial score (nSPS) is 45.7. The van der Waals surface area contributed by atoms with Gasteiger partial charge in [-0.15, -0.1) is 0 Å². The maximum absolute atomic E-state index is 11.4. The van der Waals surface area contributed by atoms with Crippen LogP contribution in [-0.2, 0) is 42.6 Å². The highest BCUT2D eigenvalue weighted by atomic mass is 16.7. The Hall–Kier alpha value is -1.33. The van der Waals surface area contributed by atoms with Crippen molar-refractivity contribution in [2.45, 2.75) is 99.0 Å². The molecule has 3 saturated heterocycles. The lowest BCUT2D eigenvalue weighted by Gasteiger charge is -2.48. The van der Waals surface area contributed by atoms with Crippen LogP contribution in [0.1, 0.15) is 13.3 Å². The van der Waals surface area contributed by atoms with Gasteiger partial charge in [-0.05, 0) is 17.9 Å². The van der Waals surface area contributed by atoms with Crippen LogP contribution in [0.5, 0.6) is 0 Å². The van der Waals surface area contributed by atoms with E-state index in [1.165, 1.54) is 0 Å². The summed E-state index contributed by atoms with van der Waals surface area (Å²) in [7, 11) is 0. The molecular weight excluding hydrogens is 618 g/mol. The number of aliphatic hydroxyl groups is 5. The van der Waals surface area contributed by atoms with E-state index in [9.17, 15) is 31.1 Å². The Labute approximate surface area is 266 Å². The summed E-state index contributed by atoms with van der Waals surface area (Å²) in [6.07, 6.45) is -15.3. The average Bonchev–Trinajstić information content (AvgIpc) is 3.03. The minimum atomic E-state index is -1.66. The lowest BCUT2D eigenvalue weighted by atomic mass is 9.80. The predicted octanol–water partition coefficient (Wildman–Crippen LogP) is -3.52. The zero-order valence-electron chi connectivity index (χ0n) is 25.8. The Balaban J connectivity index is 1.47. The van der Waals surface area contributed by atoms with Crippen molar-refractivity contribution in [2.75, 3.05) is 66.0 Å². The summed E-state index contributed by atoms with van der Waals surface area (Å²) in [5.41, 5.74) is 21.3. The van der Waals surface area contributed by atoms with Crippen LogP contribution in [0.2, 0.25) is 0 Å². The van der Waals surface area contributed by atoms with E-state index in [2.05, 4.69) is 10.0 Å². The zero-order valence-corrected chi connectivity index (χ0v) is 25.8. The maximum Gasteiger partial charge on any atom is 0.187 e. The van der Waals surface area contributed by atoms with Gasteiger partial charge in [-0.1, -0.05) is 12.0 Å². The molecule has 4 rings (SSSR count). The summed E-state index contributed by atoms with van der Waals surface area (Å²) >= 11 is 0. The Morgan fingerprint density at radius 1 is 0.761 bits per heavy atom. The molecule has 266 valence electrons. The van der Waals surface area contributed by atoms with Crippen LogP contribution >= 0.6 is 0 Å². The van der Waals surface area contributed by atoms with E-state index in [0.29, 0.717) is 26.4 Å². The van der Waals surface area contributed by atoms with Crippen LogP contribution in [0.25, 0.3) is 10.4 Å². The molecule has 0 spiro atoms. The van der Waals surface area contributed by atoms with Crippen molar-refractivity contribution in [3.05, 3.63) is 10.4 Å².